The van der Waals surface area contributed by atoms with Crippen LogP contribution in [0.3, 0.4) is 0 Å². The van der Waals surface area contributed by atoms with Crippen LogP contribution in [0, 0.1) is 5.92 Å². The smallest absolute Gasteiger partial charge is 0.233 e. The SMILES string of the molecule is CCN(CC)C(=O)CSc1nnc(SC(C)C(=O)NCC2CCCCC2)n1N. The third-order valence-corrected chi connectivity index (χ3v) is 7.00. The lowest BCUT2D eigenvalue weighted by Gasteiger charge is -2.22. The van der Waals surface area contributed by atoms with E-state index in [-0.39, 0.29) is 22.8 Å². The molecule has 0 spiro atoms. The van der Waals surface area contributed by atoms with E-state index in [2.05, 4.69) is 15.5 Å². The molecular formula is C18H32N6O2S2. The highest BCUT2D eigenvalue weighted by Gasteiger charge is 2.22. The first-order chi connectivity index (χ1) is 13.5. The lowest BCUT2D eigenvalue weighted by molar-refractivity contribution is -0.128. The van der Waals surface area contributed by atoms with Gasteiger partial charge in [-0.25, -0.2) is 4.68 Å². The van der Waals surface area contributed by atoms with Crippen LogP contribution in [0.2, 0.25) is 0 Å². The van der Waals surface area contributed by atoms with Gasteiger partial charge in [-0.2, -0.15) is 0 Å². The Morgan fingerprint density at radius 3 is 2.50 bits per heavy atom. The predicted molar refractivity (Wildman–Crippen MR) is 114 cm³/mol. The molecule has 2 amide bonds. The average molecular weight is 429 g/mol. The number of hydrogen-bond donors (Lipinski definition) is 2. The average Bonchev–Trinajstić information content (AvgIpc) is 3.05. The van der Waals surface area contributed by atoms with E-state index in [1.54, 1.807) is 4.90 Å². The van der Waals surface area contributed by atoms with Crippen LogP contribution in [0.4, 0.5) is 0 Å². The largest absolute Gasteiger partial charge is 0.355 e. The maximum atomic E-state index is 12.4. The number of aromatic nitrogens is 3. The molecule has 1 atom stereocenters. The van der Waals surface area contributed by atoms with Crippen LogP contribution in [0.5, 0.6) is 0 Å². The number of carbonyl (C=O) groups is 2. The minimum Gasteiger partial charge on any atom is -0.355 e. The van der Waals surface area contributed by atoms with Crippen molar-refractivity contribution >= 4 is 35.3 Å². The van der Waals surface area contributed by atoms with E-state index in [1.165, 1.54) is 60.3 Å². The Hall–Kier alpha value is -1.42. The van der Waals surface area contributed by atoms with Gasteiger partial charge in [0.25, 0.3) is 0 Å². The van der Waals surface area contributed by atoms with E-state index in [1.807, 2.05) is 20.8 Å². The van der Waals surface area contributed by atoms with Crippen molar-refractivity contribution in [2.45, 2.75) is 68.4 Å². The number of nitrogen functional groups attached to an aromatic ring is 1. The Balaban J connectivity index is 1.81. The molecule has 2 rings (SSSR count). The number of nitrogens with zero attached hydrogens (tertiary/aromatic N) is 4. The van der Waals surface area contributed by atoms with E-state index < -0.39 is 0 Å². The van der Waals surface area contributed by atoms with Gasteiger partial charge in [0, 0.05) is 19.6 Å². The fourth-order valence-corrected chi connectivity index (χ4v) is 4.84. The molecule has 0 bridgehead atoms. The maximum absolute atomic E-state index is 12.4. The third kappa shape index (κ3) is 6.58. The normalized spacial score (nSPS) is 16.0. The van der Waals surface area contributed by atoms with Crippen molar-refractivity contribution in [3.63, 3.8) is 0 Å². The Morgan fingerprint density at radius 2 is 1.86 bits per heavy atom. The van der Waals surface area contributed by atoms with Gasteiger partial charge in [-0.3, -0.25) is 9.59 Å². The standard InChI is InChI=1S/C18H32N6O2S2/c1-4-23(5-2)15(25)12-27-17-21-22-18(24(17)19)28-13(3)16(26)20-11-14-9-7-6-8-10-14/h13-14H,4-12,19H2,1-3H3,(H,20,26). The summed E-state index contributed by atoms with van der Waals surface area (Å²) in [6.07, 6.45) is 6.23. The highest BCUT2D eigenvalue weighted by atomic mass is 32.2. The van der Waals surface area contributed by atoms with Crippen molar-refractivity contribution in [2.75, 3.05) is 31.2 Å². The summed E-state index contributed by atoms with van der Waals surface area (Å²) in [5.41, 5.74) is 0. The second-order valence-corrected chi connectivity index (χ2v) is 9.25. The van der Waals surface area contributed by atoms with Crippen LogP contribution < -0.4 is 11.2 Å². The summed E-state index contributed by atoms with van der Waals surface area (Å²) in [7, 11) is 0. The number of carbonyl (C=O) groups excluding carboxylic acids is 2. The molecule has 1 saturated carbocycles. The van der Waals surface area contributed by atoms with Gasteiger partial charge >= 0.3 is 0 Å². The van der Waals surface area contributed by atoms with Gasteiger partial charge in [0.15, 0.2) is 0 Å². The lowest BCUT2D eigenvalue weighted by atomic mass is 9.89. The van der Waals surface area contributed by atoms with Crippen LogP contribution >= 0.6 is 23.5 Å². The zero-order valence-corrected chi connectivity index (χ0v) is 18.7. The molecular weight excluding hydrogens is 396 g/mol. The van der Waals surface area contributed by atoms with Crippen molar-refractivity contribution in [1.82, 2.24) is 25.1 Å². The van der Waals surface area contributed by atoms with Crippen molar-refractivity contribution in [3.05, 3.63) is 0 Å². The summed E-state index contributed by atoms with van der Waals surface area (Å²) in [4.78, 5) is 26.3. The minimum absolute atomic E-state index is 0.00973. The minimum atomic E-state index is -0.315. The number of hydrogen-bond acceptors (Lipinski definition) is 7. The molecule has 3 N–H and O–H groups in total. The van der Waals surface area contributed by atoms with Crippen molar-refractivity contribution < 1.29 is 9.59 Å². The molecule has 0 saturated heterocycles. The van der Waals surface area contributed by atoms with Gasteiger partial charge in [0.2, 0.25) is 22.1 Å². The molecule has 0 radical (unpaired) electrons. The summed E-state index contributed by atoms with van der Waals surface area (Å²) in [6, 6.07) is 0. The zero-order chi connectivity index (χ0) is 20.5. The Morgan fingerprint density at radius 1 is 1.21 bits per heavy atom. The molecule has 1 aliphatic rings. The van der Waals surface area contributed by atoms with Crippen LogP contribution in [0.15, 0.2) is 10.3 Å². The van der Waals surface area contributed by atoms with E-state index in [0.717, 1.165) is 6.54 Å². The summed E-state index contributed by atoms with van der Waals surface area (Å²) < 4.78 is 1.36. The zero-order valence-electron chi connectivity index (χ0n) is 17.0. The number of nitrogens with two attached hydrogens (primary N) is 1. The molecule has 1 aromatic rings. The van der Waals surface area contributed by atoms with Gasteiger partial charge in [-0.15, -0.1) is 10.2 Å². The Kier molecular flexibility index (Phi) is 9.43. The number of nitrogens with one attached hydrogen (secondary N) is 1. The Bertz CT molecular complexity index is 644. The first-order valence-corrected chi connectivity index (χ1v) is 11.9. The first-order valence-electron chi connectivity index (χ1n) is 10.0. The molecule has 8 nitrogen and oxygen atoms in total. The molecule has 1 heterocycles. The van der Waals surface area contributed by atoms with Gasteiger partial charge in [0.05, 0.1) is 11.0 Å². The monoisotopic (exact) mass is 428 g/mol. The van der Waals surface area contributed by atoms with Gasteiger partial charge in [-0.1, -0.05) is 42.8 Å². The molecule has 1 fully saturated rings. The highest BCUT2D eigenvalue weighted by Crippen LogP contribution is 2.25. The molecule has 1 aliphatic carbocycles. The predicted octanol–water partition coefficient (Wildman–Crippen LogP) is 2.13. The van der Waals surface area contributed by atoms with E-state index in [4.69, 9.17) is 5.84 Å². The number of rotatable bonds is 10. The molecule has 158 valence electrons. The molecule has 10 heteroatoms. The molecule has 0 aromatic carbocycles. The first kappa shape index (κ1) is 22.9. The second-order valence-electron chi connectivity index (χ2n) is 7.00. The van der Waals surface area contributed by atoms with Crippen LogP contribution in [-0.2, 0) is 9.59 Å². The quantitative estimate of drug-likeness (QED) is 0.434. The number of amides is 2. The van der Waals surface area contributed by atoms with E-state index in [9.17, 15) is 9.59 Å². The van der Waals surface area contributed by atoms with Gasteiger partial charge in [0.1, 0.15) is 0 Å². The van der Waals surface area contributed by atoms with Crippen molar-refractivity contribution in [1.29, 1.82) is 0 Å². The lowest BCUT2D eigenvalue weighted by Crippen LogP contribution is -2.35. The summed E-state index contributed by atoms with van der Waals surface area (Å²) in [5.74, 6) is 6.96. The highest BCUT2D eigenvalue weighted by molar-refractivity contribution is 8.00. The van der Waals surface area contributed by atoms with Crippen molar-refractivity contribution in [3.8, 4) is 0 Å². The van der Waals surface area contributed by atoms with E-state index >= 15 is 0 Å². The van der Waals surface area contributed by atoms with Crippen LogP contribution in [0.1, 0.15) is 52.9 Å². The van der Waals surface area contributed by atoms with Gasteiger partial charge < -0.3 is 16.1 Å². The molecule has 1 unspecified atom stereocenters. The van der Waals surface area contributed by atoms with E-state index in [0.29, 0.717) is 29.3 Å². The molecule has 1 aromatic heterocycles. The summed E-state index contributed by atoms with van der Waals surface area (Å²) in [5, 5.41) is 11.8. The Labute approximate surface area is 175 Å². The van der Waals surface area contributed by atoms with Crippen LogP contribution in [0.25, 0.3) is 0 Å². The maximum Gasteiger partial charge on any atom is 0.233 e. The van der Waals surface area contributed by atoms with Gasteiger partial charge in [-0.05, 0) is 39.5 Å². The number of thioether (sulfide) groups is 2. The summed E-state index contributed by atoms with van der Waals surface area (Å²) in [6.45, 7) is 7.85. The molecule has 0 aliphatic heterocycles. The fraction of sp³-hybridized carbons (Fsp3) is 0.778. The third-order valence-electron chi connectivity index (χ3n) is 5.02. The second kappa shape index (κ2) is 11.5. The molecule has 28 heavy (non-hydrogen) atoms. The summed E-state index contributed by atoms with van der Waals surface area (Å²) >= 11 is 2.54. The fourth-order valence-electron chi connectivity index (χ4n) is 3.23. The topological polar surface area (TPSA) is 106 Å². The van der Waals surface area contributed by atoms with Crippen molar-refractivity contribution in [2.24, 2.45) is 5.92 Å². The van der Waals surface area contributed by atoms with Crippen LogP contribution in [-0.4, -0.2) is 62.2 Å².